The number of para-hydroxylation sites is 1. The summed E-state index contributed by atoms with van der Waals surface area (Å²) in [6.07, 6.45) is 2.08. The van der Waals surface area contributed by atoms with Crippen molar-refractivity contribution in [2.45, 2.75) is 33.6 Å². The summed E-state index contributed by atoms with van der Waals surface area (Å²) in [5.74, 6) is 0.559. The Balaban J connectivity index is 2.26. The van der Waals surface area contributed by atoms with E-state index < -0.39 is 0 Å². The lowest BCUT2D eigenvalue weighted by Crippen LogP contribution is -2.25. The molecule has 1 heterocycles. The second-order valence-electron chi connectivity index (χ2n) is 6.22. The molecule has 25 heavy (non-hydrogen) atoms. The molecule has 0 bridgehead atoms. The predicted molar refractivity (Wildman–Crippen MR) is 100 cm³/mol. The van der Waals surface area contributed by atoms with Gasteiger partial charge in [0.05, 0.1) is 11.3 Å². The molecule has 4 nitrogen and oxygen atoms in total. The van der Waals surface area contributed by atoms with E-state index in [-0.39, 0.29) is 11.3 Å². The van der Waals surface area contributed by atoms with E-state index in [4.69, 9.17) is 0 Å². The number of phenols is 1. The molecule has 3 rings (SSSR count). The first-order valence-electron chi connectivity index (χ1n) is 8.51. The van der Waals surface area contributed by atoms with Crippen LogP contribution in [0.15, 0.2) is 53.3 Å². The Morgan fingerprint density at radius 2 is 1.72 bits per heavy atom. The summed E-state index contributed by atoms with van der Waals surface area (Å²) < 4.78 is 1.58. The van der Waals surface area contributed by atoms with Crippen molar-refractivity contribution < 1.29 is 5.11 Å². The number of hydrogen-bond acceptors (Lipinski definition) is 3. The van der Waals surface area contributed by atoms with Crippen LogP contribution in [0.3, 0.4) is 0 Å². The highest BCUT2D eigenvalue weighted by Gasteiger charge is 2.16. The molecule has 0 aliphatic heterocycles. The van der Waals surface area contributed by atoms with E-state index in [1.54, 1.807) is 29.7 Å². The van der Waals surface area contributed by atoms with E-state index in [1.807, 2.05) is 37.3 Å². The van der Waals surface area contributed by atoms with Gasteiger partial charge in [0.15, 0.2) is 5.82 Å². The van der Waals surface area contributed by atoms with Crippen LogP contribution < -0.4 is 5.56 Å². The average Bonchev–Trinajstić information content (AvgIpc) is 2.61. The second-order valence-corrected chi connectivity index (χ2v) is 6.22. The Morgan fingerprint density at radius 3 is 2.36 bits per heavy atom. The van der Waals surface area contributed by atoms with Gasteiger partial charge in [0, 0.05) is 11.3 Å². The molecule has 0 saturated heterocycles. The maximum atomic E-state index is 12.9. The molecule has 4 heteroatoms. The minimum Gasteiger partial charge on any atom is -0.507 e. The Kier molecular flexibility index (Phi) is 4.70. The van der Waals surface area contributed by atoms with Gasteiger partial charge in [-0.1, -0.05) is 37.6 Å². The van der Waals surface area contributed by atoms with Crippen LogP contribution in [0.5, 0.6) is 5.75 Å². The van der Waals surface area contributed by atoms with E-state index in [2.05, 4.69) is 11.9 Å². The van der Waals surface area contributed by atoms with Crippen molar-refractivity contribution in [2.24, 2.45) is 0 Å². The van der Waals surface area contributed by atoms with Gasteiger partial charge in [0.1, 0.15) is 5.75 Å². The van der Waals surface area contributed by atoms with Gasteiger partial charge in [-0.3, -0.25) is 9.36 Å². The molecular formula is C21H22N2O2. The summed E-state index contributed by atoms with van der Waals surface area (Å²) in [5, 5.41) is 10.2. The van der Waals surface area contributed by atoms with Crippen LogP contribution >= 0.6 is 0 Å². The standard InChI is InChI=1S/C21H22N2O2/c1-4-7-16-10-12-17(13-11-16)23-20(18-8-5-6-9-19(18)24)22-15(3)14(2)21(23)25/h5-6,8-13,24H,4,7H2,1-3H3. The van der Waals surface area contributed by atoms with Gasteiger partial charge in [-0.25, -0.2) is 4.98 Å². The number of nitrogens with zero attached hydrogens (tertiary/aromatic N) is 2. The summed E-state index contributed by atoms with van der Waals surface area (Å²) in [4.78, 5) is 17.6. The predicted octanol–water partition coefficient (Wildman–Crippen LogP) is 4.17. The lowest BCUT2D eigenvalue weighted by molar-refractivity contribution is 0.476. The molecule has 0 unspecified atom stereocenters. The normalized spacial score (nSPS) is 10.8. The number of aryl methyl sites for hydroxylation is 2. The monoisotopic (exact) mass is 334 g/mol. The number of phenolic OH excluding ortho intramolecular Hbond substituents is 1. The zero-order valence-electron chi connectivity index (χ0n) is 14.8. The Morgan fingerprint density at radius 1 is 1.04 bits per heavy atom. The van der Waals surface area contributed by atoms with Crippen molar-refractivity contribution in [3.8, 4) is 22.8 Å². The minimum atomic E-state index is -0.117. The SMILES string of the molecule is CCCc1ccc(-n2c(-c3ccccc3O)nc(C)c(C)c2=O)cc1. The molecule has 128 valence electrons. The lowest BCUT2D eigenvalue weighted by Gasteiger charge is -2.16. The molecule has 0 spiro atoms. The van der Waals surface area contributed by atoms with E-state index in [1.165, 1.54) is 5.56 Å². The molecule has 0 aliphatic carbocycles. The molecule has 0 atom stereocenters. The highest BCUT2D eigenvalue weighted by atomic mass is 16.3. The van der Waals surface area contributed by atoms with E-state index >= 15 is 0 Å². The maximum Gasteiger partial charge on any atom is 0.261 e. The van der Waals surface area contributed by atoms with Crippen LogP contribution in [0, 0.1) is 13.8 Å². The molecule has 0 saturated carbocycles. The summed E-state index contributed by atoms with van der Waals surface area (Å²) in [5.41, 5.74) is 3.69. The zero-order chi connectivity index (χ0) is 18.0. The van der Waals surface area contributed by atoms with E-state index in [0.29, 0.717) is 22.6 Å². The molecule has 1 N–H and O–H groups in total. The van der Waals surface area contributed by atoms with Crippen molar-refractivity contribution in [3.05, 3.63) is 75.7 Å². The van der Waals surface area contributed by atoms with Gasteiger partial charge < -0.3 is 5.11 Å². The van der Waals surface area contributed by atoms with Crippen molar-refractivity contribution >= 4 is 0 Å². The van der Waals surface area contributed by atoms with Gasteiger partial charge in [-0.05, 0) is 50.1 Å². The molecular weight excluding hydrogens is 312 g/mol. The third kappa shape index (κ3) is 3.20. The van der Waals surface area contributed by atoms with Crippen LogP contribution in [0.25, 0.3) is 17.1 Å². The number of rotatable bonds is 4. The fourth-order valence-corrected chi connectivity index (χ4v) is 2.89. The largest absolute Gasteiger partial charge is 0.507 e. The topological polar surface area (TPSA) is 55.1 Å². The molecule has 0 fully saturated rings. The molecule has 0 aliphatic rings. The van der Waals surface area contributed by atoms with Gasteiger partial charge in [0.2, 0.25) is 0 Å². The number of benzene rings is 2. The number of aromatic nitrogens is 2. The first-order valence-corrected chi connectivity index (χ1v) is 8.51. The summed E-state index contributed by atoms with van der Waals surface area (Å²) in [7, 11) is 0. The number of aromatic hydroxyl groups is 1. The van der Waals surface area contributed by atoms with Crippen molar-refractivity contribution in [2.75, 3.05) is 0 Å². The third-order valence-electron chi connectivity index (χ3n) is 4.43. The minimum absolute atomic E-state index is 0.106. The van der Waals surface area contributed by atoms with Crippen LogP contribution in [0.1, 0.15) is 30.2 Å². The highest BCUT2D eigenvalue weighted by Crippen LogP contribution is 2.28. The van der Waals surface area contributed by atoms with Crippen LogP contribution in [-0.4, -0.2) is 14.7 Å². The van der Waals surface area contributed by atoms with Gasteiger partial charge in [-0.2, -0.15) is 0 Å². The molecule has 3 aromatic rings. The van der Waals surface area contributed by atoms with Gasteiger partial charge in [0.25, 0.3) is 5.56 Å². The van der Waals surface area contributed by atoms with Crippen LogP contribution in [0.4, 0.5) is 0 Å². The quantitative estimate of drug-likeness (QED) is 0.779. The smallest absolute Gasteiger partial charge is 0.261 e. The Hall–Kier alpha value is -2.88. The van der Waals surface area contributed by atoms with Gasteiger partial charge >= 0.3 is 0 Å². The molecule has 0 amide bonds. The maximum absolute atomic E-state index is 12.9. The fraction of sp³-hybridized carbons (Fsp3) is 0.238. The lowest BCUT2D eigenvalue weighted by atomic mass is 10.1. The second kappa shape index (κ2) is 6.93. The molecule has 1 aromatic heterocycles. The van der Waals surface area contributed by atoms with Crippen LogP contribution in [0.2, 0.25) is 0 Å². The Labute approximate surface area is 147 Å². The van der Waals surface area contributed by atoms with Gasteiger partial charge in [-0.15, -0.1) is 0 Å². The van der Waals surface area contributed by atoms with E-state index in [9.17, 15) is 9.90 Å². The van der Waals surface area contributed by atoms with Crippen molar-refractivity contribution in [1.82, 2.24) is 9.55 Å². The Bertz CT molecular complexity index is 957. The fourth-order valence-electron chi connectivity index (χ4n) is 2.89. The molecule has 0 radical (unpaired) electrons. The summed E-state index contributed by atoms with van der Waals surface area (Å²) in [6, 6.07) is 14.9. The van der Waals surface area contributed by atoms with E-state index in [0.717, 1.165) is 18.5 Å². The third-order valence-corrected chi connectivity index (χ3v) is 4.43. The highest BCUT2D eigenvalue weighted by molar-refractivity contribution is 5.66. The first-order chi connectivity index (χ1) is 12.0. The van der Waals surface area contributed by atoms with Crippen molar-refractivity contribution in [1.29, 1.82) is 0 Å². The zero-order valence-corrected chi connectivity index (χ0v) is 14.8. The van der Waals surface area contributed by atoms with Crippen LogP contribution in [-0.2, 0) is 6.42 Å². The summed E-state index contributed by atoms with van der Waals surface area (Å²) in [6.45, 7) is 5.73. The summed E-state index contributed by atoms with van der Waals surface area (Å²) >= 11 is 0. The molecule has 2 aromatic carbocycles. The average molecular weight is 334 g/mol. The first kappa shape index (κ1) is 17.0. The number of hydrogen-bond donors (Lipinski definition) is 1. The van der Waals surface area contributed by atoms with Crippen molar-refractivity contribution in [3.63, 3.8) is 0 Å².